The Hall–Kier alpha value is -2.42. The summed E-state index contributed by atoms with van der Waals surface area (Å²) < 4.78 is 3.07. The highest BCUT2D eigenvalue weighted by Gasteiger charge is 2.23. The van der Waals surface area contributed by atoms with E-state index in [-0.39, 0.29) is 11.9 Å². The van der Waals surface area contributed by atoms with Crippen LogP contribution in [0.4, 0.5) is 5.95 Å². The summed E-state index contributed by atoms with van der Waals surface area (Å²) >= 11 is 2.28. The molecule has 138 valence electrons. The molecular weight excluding hydrogens is 453 g/mol. The van der Waals surface area contributed by atoms with Gasteiger partial charge in [0.2, 0.25) is 5.95 Å². The number of carbonyl (C=O) groups is 1. The number of nitrogens with zero attached hydrogens (tertiary/aromatic N) is 4. The van der Waals surface area contributed by atoms with Crippen molar-refractivity contribution >= 4 is 34.4 Å². The number of rotatable bonds is 4. The number of benzene rings is 1. The van der Waals surface area contributed by atoms with Gasteiger partial charge in [-0.3, -0.25) is 4.79 Å². The standard InChI is InChI=1S/C20H20IN5O/c21-15-4-1-5-17(14-15)26-11-2-6-18(26)19(27)24-16-7-12-25(13-8-16)20-22-9-3-10-23-20/h1-6,9-11,14,16H,7-8,12-13H2,(H,24,27). The number of hydrogen-bond acceptors (Lipinski definition) is 4. The van der Waals surface area contributed by atoms with Gasteiger partial charge < -0.3 is 14.8 Å². The molecule has 0 bridgehead atoms. The zero-order valence-corrected chi connectivity index (χ0v) is 16.9. The lowest BCUT2D eigenvalue weighted by Crippen LogP contribution is -2.45. The molecule has 1 N–H and O–H groups in total. The van der Waals surface area contributed by atoms with Crippen LogP contribution in [0.3, 0.4) is 0 Å². The third kappa shape index (κ3) is 4.13. The van der Waals surface area contributed by atoms with E-state index in [1.165, 1.54) is 0 Å². The largest absolute Gasteiger partial charge is 0.348 e. The van der Waals surface area contributed by atoms with E-state index in [0.29, 0.717) is 5.69 Å². The van der Waals surface area contributed by atoms with Crippen LogP contribution < -0.4 is 10.2 Å². The van der Waals surface area contributed by atoms with E-state index in [2.05, 4.69) is 48.8 Å². The molecule has 1 amide bonds. The first-order valence-electron chi connectivity index (χ1n) is 8.97. The van der Waals surface area contributed by atoms with E-state index in [0.717, 1.165) is 41.1 Å². The van der Waals surface area contributed by atoms with Crippen molar-refractivity contribution in [3.05, 3.63) is 70.3 Å². The van der Waals surface area contributed by atoms with E-state index in [1.54, 1.807) is 12.4 Å². The van der Waals surface area contributed by atoms with Crippen LogP contribution in [0.1, 0.15) is 23.3 Å². The van der Waals surface area contributed by atoms with Crippen LogP contribution in [0.2, 0.25) is 0 Å². The Kier molecular flexibility index (Phi) is 5.38. The van der Waals surface area contributed by atoms with Crippen LogP contribution in [0.5, 0.6) is 0 Å². The second-order valence-electron chi connectivity index (χ2n) is 6.53. The topological polar surface area (TPSA) is 63.1 Å². The fraction of sp³-hybridized carbons (Fsp3) is 0.250. The maximum atomic E-state index is 12.8. The van der Waals surface area contributed by atoms with E-state index in [1.807, 2.05) is 47.2 Å². The highest BCUT2D eigenvalue weighted by atomic mass is 127. The number of hydrogen-bond donors (Lipinski definition) is 1. The minimum atomic E-state index is -0.0340. The highest BCUT2D eigenvalue weighted by Crippen LogP contribution is 2.18. The number of piperidine rings is 1. The van der Waals surface area contributed by atoms with E-state index in [9.17, 15) is 4.79 Å². The summed E-state index contributed by atoms with van der Waals surface area (Å²) in [5.41, 5.74) is 1.65. The molecule has 1 aliphatic heterocycles. The molecule has 1 saturated heterocycles. The van der Waals surface area contributed by atoms with Crippen molar-refractivity contribution in [2.24, 2.45) is 0 Å². The first-order chi connectivity index (χ1) is 13.2. The number of anilines is 1. The smallest absolute Gasteiger partial charge is 0.268 e. The van der Waals surface area contributed by atoms with Gasteiger partial charge >= 0.3 is 0 Å². The molecule has 0 aliphatic carbocycles. The van der Waals surface area contributed by atoms with Gasteiger partial charge in [-0.1, -0.05) is 6.07 Å². The van der Waals surface area contributed by atoms with Crippen LogP contribution in [-0.4, -0.2) is 39.6 Å². The maximum Gasteiger partial charge on any atom is 0.268 e. The van der Waals surface area contributed by atoms with E-state index in [4.69, 9.17) is 0 Å². The summed E-state index contributed by atoms with van der Waals surface area (Å²) in [6, 6.07) is 13.9. The van der Waals surface area contributed by atoms with Crippen molar-refractivity contribution in [1.82, 2.24) is 19.9 Å². The van der Waals surface area contributed by atoms with Crippen molar-refractivity contribution in [3.8, 4) is 5.69 Å². The van der Waals surface area contributed by atoms with Gasteiger partial charge in [-0.25, -0.2) is 9.97 Å². The van der Waals surface area contributed by atoms with Crippen LogP contribution in [0, 0.1) is 3.57 Å². The minimum absolute atomic E-state index is 0.0340. The van der Waals surface area contributed by atoms with Crippen LogP contribution in [-0.2, 0) is 0 Å². The first kappa shape index (κ1) is 18.0. The fourth-order valence-corrected chi connectivity index (χ4v) is 3.88. The Balaban J connectivity index is 1.40. The first-order valence-corrected chi connectivity index (χ1v) is 10.0. The SMILES string of the molecule is O=C(NC1CCN(c2ncccn2)CC1)c1cccn1-c1cccc(I)c1. The quantitative estimate of drug-likeness (QED) is 0.591. The number of carbonyl (C=O) groups excluding carboxylic acids is 1. The van der Waals surface area contributed by atoms with Crippen LogP contribution >= 0.6 is 22.6 Å². The predicted octanol–water partition coefficient (Wildman–Crippen LogP) is 3.27. The molecule has 1 fully saturated rings. The molecule has 0 atom stereocenters. The minimum Gasteiger partial charge on any atom is -0.348 e. The third-order valence-electron chi connectivity index (χ3n) is 4.73. The summed E-state index contributed by atoms with van der Waals surface area (Å²) in [4.78, 5) is 23.6. The molecule has 0 saturated carbocycles. The molecule has 4 rings (SSSR count). The highest BCUT2D eigenvalue weighted by molar-refractivity contribution is 14.1. The third-order valence-corrected chi connectivity index (χ3v) is 5.40. The molecule has 2 aromatic heterocycles. The molecule has 1 aromatic carbocycles. The van der Waals surface area contributed by atoms with E-state index >= 15 is 0 Å². The molecule has 0 spiro atoms. The number of halogens is 1. The van der Waals surface area contributed by atoms with Crippen molar-refractivity contribution in [3.63, 3.8) is 0 Å². The Morgan fingerprint density at radius 2 is 1.85 bits per heavy atom. The lowest BCUT2D eigenvalue weighted by atomic mass is 10.1. The lowest BCUT2D eigenvalue weighted by Gasteiger charge is -2.32. The molecule has 27 heavy (non-hydrogen) atoms. The fourth-order valence-electron chi connectivity index (χ4n) is 3.35. The summed E-state index contributed by atoms with van der Waals surface area (Å²) in [7, 11) is 0. The summed E-state index contributed by atoms with van der Waals surface area (Å²) in [5, 5.41) is 3.19. The van der Waals surface area contributed by atoms with Crippen molar-refractivity contribution in [1.29, 1.82) is 0 Å². The van der Waals surface area contributed by atoms with Gasteiger partial charge in [-0.2, -0.15) is 0 Å². The molecule has 7 heteroatoms. The van der Waals surface area contributed by atoms with Crippen LogP contribution in [0.25, 0.3) is 5.69 Å². The molecule has 3 aromatic rings. The van der Waals surface area contributed by atoms with Gasteiger partial charge in [-0.15, -0.1) is 0 Å². The number of amides is 1. The molecule has 0 radical (unpaired) electrons. The zero-order valence-electron chi connectivity index (χ0n) is 14.8. The molecule has 1 aliphatic rings. The molecule has 6 nitrogen and oxygen atoms in total. The second kappa shape index (κ2) is 8.08. The molecule has 3 heterocycles. The summed E-state index contributed by atoms with van der Waals surface area (Å²) in [6.07, 6.45) is 7.21. The van der Waals surface area contributed by atoms with Crippen molar-refractivity contribution in [2.45, 2.75) is 18.9 Å². The Labute approximate surface area is 171 Å². The second-order valence-corrected chi connectivity index (χ2v) is 7.77. The predicted molar refractivity (Wildman–Crippen MR) is 113 cm³/mol. The monoisotopic (exact) mass is 473 g/mol. The van der Waals surface area contributed by atoms with Gasteiger partial charge in [-0.05, 0) is 71.8 Å². The van der Waals surface area contributed by atoms with Gasteiger partial charge in [0.15, 0.2) is 0 Å². The van der Waals surface area contributed by atoms with Gasteiger partial charge in [0, 0.05) is 47.0 Å². The molecule has 0 unspecified atom stereocenters. The number of aromatic nitrogens is 3. The zero-order chi connectivity index (χ0) is 18.6. The normalized spacial score (nSPS) is 14.9. The average Bonchev–Trinajstić information content (AvgIpc) is 3.19. The van der Waals surface area contributed by atoms with E-state index < -0.39 is 0 Å². The molecular formula is C20H20IN5O. The average molecular weight is 473 g/mol. The van der Waals surface area contributed by atoms with Gasteiger partial charge in [0.1, 0.15) is 5.69 Å². The summed E-state index contributed by atoms with van der Waals surface area (Å²) in [6.45, 7) is 1.68. The van der Waals surface area contributed by atoms with Gasteiger partial charge in [0.25, 0.3) is 5.91 Å². The Morgan fingerprint density at radius 3 is 2.59 bits per heavy atom. The number of nitrogens with one attached hydrogen (secondary N) is 1. The van der Waals surface area contributed by atoms with Crippen LogP contribution in [0.15, 0.2) is 61.1 Å². The van der Waals surface area contributed by atoms with Crippen molar-refractivity contribution < 1.29 is 4.79 Å². The summed E-state index contributed by atoms with van der Waals surface area (Å²) in [5.74, 6) is 0.725. The maximum absolute atomic E-state index is 12.8. The Bertz CT molecular complexity index is 919. The van der Waals surface area contributed by atoms with Gasteiger partial charge in [0.05, 0.1) is 0 Å². The Morgan fingerprint density at radius 1 is 1.07 bits per heavy atom. The van der Waals surface area contributed by atoms with Crippen molar-refractivity contribution in [2.75, 3.05) is 18.0 Å². The lowest BCUT2D eigenvalue weighted by molar-refractivity contribution is 0.0924.